The van der Waals surface area contributed by atoms with E-state index in [-0.39, 0.29) is 6.04 Å². The Hall–Kier alpha value is -2.15. The summed E-state index contributed by atoms with van der Waals surface area (Å²) in [6, 6.07) is 5.74. The Morgan fingerprint density at radius 2 is 2.33 bits per heavy atom. The minimum Gasteiger partial charge on any atom is -0.399 e. The molecule has 0 radical (unpaired) electrons. The van der Waals surface area contributed by atoms with Crippen LogP contribution in [0, 0.1) is 0 Å². The van der Waals surface area contributed by atoms with E-state index in [4.69, 9.17) is 5.73 Å². The van der Waals surface area contributed by atoms with Gasteiger partial charge in [-0.1, -0.05) is 11.3 Å². The fraction of sp³-hybridized carbons (Fsp3) is 0.182. The van der Waals surface area contributed by atoms with Gasteiger partial charge in [-0.2, -0.15) is 5.10 Å². The van der Waals surface area contributed by atoms with Gasteiger partial charge >= 0.3 is 0 Å². The van der Waals surface area contributed by atoms with Crippen LogP contribution in [0.15, 0.2) is 24.5 Å². The molecule has 0 aliphatic rings. The first kappa shape index (κ1) is 11.0. The molecular formula is C11H12N6S. The molecule has 0 saturated carbocycles. The van der Waals surface area contributed by atoms with Crippen LogP contribution in [0.4, 0.5) is 10.8 Å². The van der Waals surface area contributed by atoms with Gasteiger partial charge in [-0.05, 0) is 25.1 Å². The zero-order chi connectivity index (χ0) is 12.5. The summed E-state index contributed by atoms with van der Waals surface area (Å²) in [7, 11) is 0. The van der Waals surface area contributed by atoms with Crippen LogP contribution < -0.4 is 11.1 Å². The van der Waals surface area contributed by atoms with E-state index in [1.165, 1.54) is 6.33 Å². The molecular weight excluding hydrogens is 248 g/mol. The second-order valence-electron chi connectivity index (χ2n) is 3.98. The summed E-state index contributed by atoms with van der Waals surface area (Å²) >= 11 is 1.57. The molecule has 1 unspecified atom stereocenters. The Kier molecular flexibility index (Phi) is 2.60. The van der Waals surface area contributed by atoms with E-state index in [2.05, 4.69) is 25.5 Å². The minimum atomic E-state index is 0.0328. The van der Waals surface area contributed by atoms with Crippen molar-refractivity contribution in [3.63, 3.8) is 0 Å². The molecule has 6 nitrogen and oxygen atoms in total. The molecule has 3 aromatic rings. The van der Waals surface area contributed by atoms with E-state index < -0.39 is 0 Å². The average molecular weight is 260 g/mol. The highest BCUT2D eigenvalue weighted by molar-refractivity contribution is 7.22. The molecule has 2 heterocycles. The van der Waals surface area contributed by atoms with Crippen LogP contribution in [0.2, 0.25) is 0 Å². The van der Waals surface area contributed by atoms with E-state index in [1.54, 1.807) is 11.3 Å². The van der Waals surface area contributed by atoms with Gasteiger partial charge in [0.15, 0.2) is 5.13 Å². The van der Waals surface area contributed by atoms with E-state index in [0.717, 1.165) is 26.9 Å². The van der Waals surface area contributed by atoms with Gasteiger partial charge in [0.05, 0.1) is 16.3 Å². The molecule has 1 aromatic carbocycles. The molecule has 0 aliphatic heterocycles. The van der Waals surface area contributed by atoms with Gasteiger partial charge in [-0.3, -0.25) is 5.10 Å². The van der Waals surface area contributed by atoms with Gasteiger partial charge in [-0.15, -0.1) is 0 Å². The van der Waals surface area contributed by atoms with Crippen LogP contribution in [-0.2, 0) is 0 Å². The maximum atomic E-state index is 5.75. The number of nitrogens with zero attached hydrogens (tertiary/aromatic N) is 3. The van der Waals surface area contributed by atoms with E-state index >= 15 is 0 Å². The smallest absolute Gasteiger partial charge is 0.184 e. The highest BCUT2D eigenvalue weighted by Gasteiger charge is 2.11. The molecule has 3 rings (SSSR count). The molecule has 7 heteroatoms. The lowest BCUT2D eigenvalue weighted by Gasteiger charge is -2.08. The maximum Gasteiger partial charge on any atom is 0.184 e. The zero-order valence-corrected chi connectivity index (χ0v) is 10.5. The number of fused-ring (bicyclic) bond motifs is 1. The van der Waals surface area contributed by atoms with Crippen LogP contribution in [0.1, 0.15) is 18.8 Å². The molecule has 0 spiro atoms. The molecule has 4 N–H and O–H groups in total. The third-order valence-electron chi connectivity index (χ3n) is 2.60. The van der Waals surface area contributed by atoms with Gasteiger partial charge in [0.2, 0.25) is 0 Å². The quantitative estimate of drug-likeness (QED) is 0.628. The number of aromatic nitrogens is 4. The van der Waals surface area contributed by atoms with Crippen molar-refractivity contribution in [1.82, 2.24) is 20.2 Å². The third kappa shape index (κ3) is 2.00. The number of benzene rings is 1. The first-order valence-electron chi connectivity index (χ1n) is 5.50. The Morgan fingerprint density at radius 1 is 1.44 bits per heavy atom. The van der Waals surface area contributed by atoms with Crippen molar-refractivity contribution in [3.8, 4) is 0 Å². The lowest BCUT2D eigenvalue weighted by atomic mass is 10.3. The average Bonchev–Trinajstić information content (AvgIpc) is 2.95. The molecule has 18 heavy (non-hydrogen) atoms. The van der Waals surface area contributed by atoms with Crippen molar-refractivity contribution in [3.05, 3.63) is 30.4 Å². The highest BCUT2D eigenvalue weighted by atomic mass is 32.1. The van der Waals surface area contributed by atoms with Crippen LogP contribution >= 0.6 is 11.3 Å². The van der Waals surface area contributed by atoms with Crippen molar-refractivity contribution < 1.29 is 0 Å². The fourth-order valence-electron chi connectivity index (χ4n) is 1.68. The summed E-state index contributed by atoms with van der Waals surface area (Å²) in [5.41, 5.74) is 7.44. The summed E-state index contributed by atoms with van der Waals surface area (Å²) in [5.74, 6) is 0.786. The standard InChI is InChI=1S/C11H12N6S/c1-6(10-13-5-14-17-10)15-11-16-8-3-2-7(12)4-9(8)18-11/h2-6H,12H2,1H3,(H,15,16)(H,13,14,17). The topological polar surface area (TPSA) is 92.5 Å². The van der Waals surface area contributed by atoms with Gasteiger partial charge in [0.25, 0.3) is 0 Å². The summed E-state index contributed by atoms with van der Waals surface area (Å²) in [6.45, 7) is 2.00. The second-order valence-corrected chi connectivity index (χ2v) is 5.01. The number of thiazole rings is 1. The summed E-state index contributed by atoms with van der Waals surface area (Å²) < 4.78 is 1.07. The number of hydrogen-bond donors (Lipinski definition) is 3. The first-order valence-corrected chi connectivity index (χ1v) is 6.32. The summed E-state index contributed by atoms with van der Waals surface area (Å²) in [6.07, 6.45) is 1.49. The number of nitrogen functional groups attached to an aromatic ring is 1. The molecule has 1 atom stereocenters. The lowest BCUT2D eigenvalue weighted by Crippen LogP contribution is -2.07. The van der Waals surface area contributed by atoms with Crippen molar-refractivity contribution in [2.45, 2.75) is 13.0 Å². The minimum absolute atomic E-state index is 0.0328. The lowest BCUT2D eigenvalue weighted by molar-refractivity contribution is 0.795. The Labute approximate surface area is 107 Å². The number of rotatable bonds is 3. The van der Waals surface area contributed by atoms with Crippen LogP contribution in [-0.4, -0.2) is 20.2 Å². The van der Waals surface area contributed by atoms with Crippen LogP contribution in [0.25, 0.3) is 10.2 Å². The number of nitrogens with one attached hydrogen (secondary N) is 2. The zero-order valence-electron chi connectivity index (χ0n) is 9.71. The number of H-pyrrole nitrogens is 1. The Bertz CT molecular complexity index is 659. The molecule has 0 saturated heterocycles. The van der Waals surface area contributed by atoms with E-state index in [9.17, 15) is 0 Å². The SMILES string of the molecule is CC(Nc1nc2ccc(N)cc2s1)c1ncn[nH]1. The number of hydrogen-bond acceptors (Lipinski definition) is 6. The van der Waals surface area contributed by atoms with Crippen LogP contribution in [0.5, 0.6) is 0 Å². The van der Waals surface area contributed by atoms with Crippen molar-refractivity contribution in [2.24, 2.45) is 0 Å². The third-order valence-corrected chi connectivity index (χ3v) is 3.55. The van der Waals surface area contributed by atoms with Crippen molar-refractivity contribution in [2.75, 3.05) is 11.1 Å². The van der Waals surface area contributed by atoms with Gasteiger partial charge in [0.1, 0.15) is 12.2 Å². The van der Waals surface area contributed by atoms with Crippen LogP contribution in [0.3, 0.4) is 0 Å². The summed E-state index contributed by atoms with van der Waals surface area (Å²) in [4.78, 5) is 8.60. The van der Waals surface area contributed by atoms with Crippen molar-refractivity contribution in [1.29, 1.82) is 0 Å². The molecule has 0 fully saturated rings. The maximum absolute atomic E-state index is 5.75. The molecule has 0 bridgehead atoms. The van der Waals surface area contributed by atoms with E-state index in [0.29, 0.717) is 0 Å². The number of aromatic amines is 1. The number of anilines is 2. The molecule has 2 aromatic heterocycles. The summed E-state index contributed by atoms with van der Waals surface area (Å²) in [5, 5.41) is 10.8. The molecule has 92 valence electrons. The largest absolute Gasteiger partial charge is 0.399 e. The normalized spacial score (nSPS) is 12.7. The Balaban J connectivity index is 1.86. The number of nitrogens with two attached hydrogens (primary N) is 1. The van der Waals surface area contributed by atoms with Crippen molar-refractivity contribution >= 4 is 32.4 Å². The van der Waals surface area contributed by atoms with Gasteiger partial charge in [0, 0.05) is 5.69 Å². The monoisotopic (exact) mass is 260 g/mol. The predicted octanol–water partition coefficient (Wildman–Crippen LogP) is 2.17. The first-order chi connectivity index (χ1) is 8.72. The second kappa shape index (κ2) is 4.26. The predicted molar refractivity (Wildman–Crippen MR) is 72.5 cm³/mol. The Morgan fingerprint density at radius 3 is 3.11 bits per heavy atom. The van der Waals surface area contributed by atoms with Gasteiger partial charge in [-0.25, -0.2) is 9.97 Å². The fourth-order valence-corrected chi connectivity index (χ4v) is 2.68. The van der Waals surface area contributed by atoms with Gasteiger partial charge < -0.3 is 11.1 Å². The highest BCUT2D eigenvalue weighted by Crippen LogP contribution is 2.29. The molecule has 0 amide bonds. The molecule has 0 aliphatic carbocycles. The van der Waals surface area contributed by atoms with E-state index in [1.807, 2.05) is 25.1 Å².